The largest absolute Gasteiger partial charge is 0.379 e. The maximum atomic E-state index is 9.37. The summed E-state index contributed by atoms with van der Waals surface area (Å²) in [6, 6.07) is 11.2. The van der Waals surface area contributed by atoms with E-state index in [1.165, 1.54) is 11.1 Å². The van der Waals surface area contributed by atoms with Crippen LogP contribution in [0.4, 0.5) is 0 Å². The molecule has 1 aliphatic heterocycles. The monoisotopic (exact) mass is 257 g/mol. The van der Waals surface area contributed by atoms with Crippen LogP contribution >= 0.6 is 0 Å². The third kappa shape index (κ3) is 2.40. The molecule has 1 atom stereocenters. The van der Waals surface area contributed by atoms with E-state index in [0.29, 0.717) is 13.2 Å². The van der Waals surface area contributed by atoms with Crippen molar-refractivity contribution in [2.75, 3.05) is 13.2 Å². The van der Waals surface area contributed by atoms with Crippen molar-refractivity contribution in [2.45, 2.75) is 44.9 Å². The Bertz CT molecular complexity index is 471. The molecule has 1 saturated heterocycles. The second-order valence-corrected chi connectivity index (χ2v) is 6.57. The van der Waals surface area contributed by atoms with Crippen LogP contribution in [-0.2, 0) is 15.6 Å². The zero-order chi connectivity index (χ0) is 14.1. The number of rotatable bonds is 3. The molecular weight excluding hydrogens is 234 g/mol. The Balaban J connectivity index is 2.33. The predicted molar refractivity (Wildman–Crippen MR) is 77.0 cm³/mol. The Morgan fingerprint density at radius 1 is 1.26 bits per heavy atom. The molecule has 0 amide bonds. The van der Waals surface area contributed by atoms with E-state index in [0.717, 1.165) is 6.42 Å². The first-order chi connectivity index (χ1) is 8.94. The molecule has 2 heteroatoms. The maximum Gasteiger partial charge on any atom is 0.0666 e. The fourth-order valence-corrected chi connectivity index (χ4v) is 2.80. The molecule has 1 aliphatic rings. The molecule has 0 radical (unpaired) electrons. The highest BCUT2D eigenvalue weighted by atomic mass is 16.5. The summed E-state index contributed by atoms with van der Waals surface area (Å²) < 4.78 is 5.42. The standard InChI is InChI=1S/C17H23NO/c1-5-13(10-18)17(11-19-12-17)15-8-6-14(7-9-15)16(2,3)4/h6-9,13H,5,11-12H2,1-4H3. The number of hydrogen-bond acceptors (Lipinski definition) is 2. The molecule has 0 aromatic heterocycles. The summed E-state index contributed by atoms with van der Waals surface area (Å²) >= 11 is 0. The van der Waals surface area contributed by atoms with Gasteiger partial charge in [0, 0.05) is 0 Å². The van der Waals surface area contributed by atoms with Crippen LogP contribution in [-0.4, -0.2) is 13.2 Å². The summed E-state index contributed by atoms with van der Waals surface area (Å²) in [5.41, 5.74) is 2.66. The maximum absolute atomic E-state index is 9.37. The molecule has 1 unspecified atom stereocenters. The van der Waals surface area contributed by atoms with Crippen LogP contribution in [0, 0.1) is 17.2 Å². The molecule has 102 valence electrons. The molecule has 1 fully saturated rings. The van der Waals surface area contributed by atoms with Gasteiger partial charge in [0.2, 0.25) is 0 Å². The zero-order valence-electron chi connectivity index (χ0n) is 12.4. The lowest BCUT2D eigenvalue weighted by Gasteiger charge is -2.45. The average molecular weight is 257 g/mol. The first kappa shape index (κ1) is 14.1. The van der Waals surface area contributed by atoms with Crippen LogP contribution in [0.5, 0.6) is 0 Å². The van der Waals surface area contributed by atoms with Gasteiger partial charge in [0.25, 0.3) is 0 Å². The molecule has 2 rings (SSSR count). The predicted octanol–water partition coefficient (Wildman–Crippen LogP) is 3.80. The van der Waals surface area contributed by atoms with Gasteiger partial charge in [-0.25, -0.2) is 0 Å². The van der Waals surface area contributed by atoms with Crippen LogP contribution in [0.25, 0.3) is 0 Å². The third-order valence-electron chi connectivity index (χ3n) is 4.28. The Kier molecular flexibility index (Phi) is 3.69. The molecule has 2 nitrogen and oxygen atoms in total. The molecule has 0 N–H and O–H groups in total. The van der Waals surface area contributed by atoms with Crippen molar-refractivity contribution in [1.29, 1.82) is 5.26 Å². The van der Waals surface area contributed by atoms with Crippen LogP contribution in [0.1, 0.15) is 45.2 Å². The highest BCUT2D eigenvalue weighted by Gasteiger charge is 2.46. The van der Waals surface area contributed by atoms with Crippen LogP contribution in [0.3, 0.4) is 0 Å². The summed E-state index contributed by atoms with van der Waals surface area (Å²) in [6.07, 6.45) is 0.876. The summed E-state index contributed by atoms with van der Waals surface area (Å²) in [6.45, 7) is 10.1. The second kappa shape index (κ2) is 4.98. The van der Waals surface area contributed by atoms with Gasteiger partial charge in [0.1, 0.15) is 0 Å². The van der Waals surface area contributed by atoms with Crippen LogP contribution in [0.15, 0.2) is 24.3 Å². The van der Waals surface area contributed by atoms with E-state index in [1.54, 1.807) is 0 Å². The smallest absolute Gasteiger partial charge is 0.0666 e. The van der Waals surface area contributed by atoms with Gasteiger partial charge in [-0.1, -0.05) is 52.0 Å². The summed E-state index contributed by atoms with van der Waals surface area (Å²) in [5, 5.41) is 9.37. The Labute approximate surface area is 116 Å². The van der Waals surface area contributed by atoms with Gasteiger partial charge < -0.3 is 4.74 Å². The number of nitriles is 1. The van der Waals surface area contributed by atoms with Crippen LogP contribution < -0.4 is 0 Å². The van der Waals surface area contributed by atoms with E-state index in [1.807, 2.05) is 0 Å². The SMILES string of the molecule is CCC(C#N)C1(c2ccc(C(C)(C)C)cc2)COC1. The number of benzene rings is 1. The molecule has 1 heterocycles. The highest BCUT2D eigenvalue weighted by molar-refractivity contribution is 5.35. The topological polar surface area (TPSA) is 33.0 Å². The average Bonchev–Trinajstić information content (AvgIpc) is 2.32. The van der Waals surface area contributed by atoms with Crippen molar-refractivity contribution in [2.24, 2.45) is 5.92 Å². The fraction of sp³-hybridized carbons (Fsp3) is 0.588. The van der Waals surface area contributed by atoms with E-state index >= 15 is 0 Å². The zero-order valence-corrected chi connectivity index (χ0v) is 12.4. The van der Waals surface area contributed by atoms with E-state index in [9.17, 15) is 5.26 Å². The number of nitrogens with zero attached hydrogens (tertiary/aromatic N) is 1. The lowest BCUT2D eigenvalue weighted by Crippen LogP contribution is -2.52. The van der Waals surface area contributed by atoms with E-state index in [4.69, 9.17) is 4.74 Å². The van der Waals surface area contributed by atoms with E-state index in [-0.39, 0.29) is 16.7 Å². The third-order valence-corrected chi connectivity index (χ3v) is 4.28. The normalized spacial score (nSPS) is 19.3. The van der Waals surface area contributed by atoms with Gasteiger partial charge in [-0.3, -0.25) is 0 Å². The molecule has 0 aliphatic carbocycles. The van der Waals surface area contributed by atoms with Crippen molar-refractivity contribution in [3.05, 3.63) is 35.4 Å². The summed E-state index contributed by atoms with van der Waals surface area (Å²) in [4.78, 5) is 0. The summed E-state index contributed by atoms with van der Waals surface area (Å²) in [7, 11) is 0. The first-order valence-corrected chi connectivity index (χ1v) is 7.02. The Morgan fingerprint density at radius 3 is 2.16 bits per heavy atom. The molecular formula is C17H23NO. The molecule has 1 aromatic rings. The Morgan fingerprint density at radius 2 is 1.84 bits per heavy atom. The van der Waals surface area contributed by atoms with Gasteiger partial charge >= 0.3 is 0 Å². The lowest BCUT2D eigenvalue weighted by molar-refractivity contribution is -0.0804. The molecule has 0 saturated carbocycles. The van der Waals surface area contributed by atoms with Crippen molar-refractivity contribution < 1.29 is 4.74 Å². The second-order valence-electron chi connectivity index (χ2n) is 6.57. The van der Waals surface area contributed by atoms with Crippen molar-refractivity contribution >= 4 is 0 Å². The van der Waals surface area contributed by atoms with Crippen molar-refractivity contribution in [3.8, 4) is 6.07 Å². The minimum Gasteiger partial charge on any atom is -0.379 e. The Hall–Kier alpha value is -1.33. The molecule has 0 spiro atoms. The van der Waals surface area contributed by atoms with Crippen molar-refractivity contribution in [1.82, 2.24) is 0 Å². The van der Waals surface area contributed by atoms with Crippen molar-refractivity contribution in [3.63, 3.8) is 0 Å². The highest BCUT2D eigenvalue weighted by Crippen LogP contribution is 2.41. The van der Waals surface area contributed by atoms with E-state index in [2.05, 4.69) is 58.0 Å². The van der Waals surface area contributed by atoms with Crippen LogP contribution in [0.2, 0.25) is 0 Å². The van der Waals surface area contributed by atoms with Gasteiger partial charge in [-0.2, -0.15) is 5.26 Å². The molecule has 1 aromatic carbocycles. The first-order valence-electron chi connectivity index (χ1n) is 7.02. The van der Waals surface area contributed by atoms with Gasteiger partial charge in [-0.05, 0) is 23.0 Å². The fourth-order valence-electron chi connectivity index (χ4n) is 2.80. The molecule has 19 heavy (non-hydrogen) atoms. The van der Waals surface area contributed by atoms with Gasteiger partial charge in [0.05, 0.1) is 30.6 Å². The summed E-state index contributed by atoms with van der Waals surface area (Å²) in [5.74, 6) is 0.0433. The number of hydrogen-bond donors (Lipinski definition) is 0. The number of ether oxygens (including phenoxy) is 1. The minimum absolute atomic E-state index is 0.0433. The van der Waals surface area contributed by atoms with Gasteiger partial charge in [0.15, 0.2) is 0 Å². The van der Waals surface area contributed by atoms with E-state index < -0.39 is 0 Å². The minimum atomic E-state index is -0.0834. The van der Waals surface area contributed by atoms with Gasteiger partial charge in [-0.15, -0.1) is 0 Å². The molecule has 0 bridgehead atoms. The quantitative estimate of drug-likeness (QED) is 0.825. The lowest BCUT2D eigenvalue weighted by atomic mass is 9.68.